The molecule has 0 aliphatic carbocycles. The van der Waals surface area contributed by atoms with Gasteiger partial charge in [0.1, 0.15) is 5.75 Å². The van der Waals surface area contributed by atoms with Gasteiger partial charge in [-0.3, -0.25) is 30.0 Å². The lowest BCUT2D eigenvalue weighted by Crippen LogP contribution is -2.42. The molecular formula is C26H26N4O5. The molecule has 0 atom stereocenters. The number of hydrogen-bond donors (Lipinski definition) is 4. The number of para-hydroxylation sites is 1. The molecule has 0 spiro atoms. The van der Waals surface area contributed by atoms with Crippen LogP contribution in [0.25, 0.3) is 0 Å². The van der Waals surface area contributed by atoms with Gasteiger partial charge in [-0.25, -0.2) is 0 Å². The zero-order chi connectivity index (χ0) is 25.2. The van der Waals surface area contributed by atoms with Crippen molar-refractivity contribution in [1.82, 2.24) is 16.2 Å². The second kappa shape index (κ2) is 12.0. The fourth-order valence-electron chi connectivity index (χ4n) is 3.08. The molecule has 0 unspecified atom stereocenters. The minimum Gasteiger partial charge on any atom is -0.497 e. The van der Waals surface area contributed by atoms with Gasteiger partial charge < -0.3 is 15.4 Å². The Morgan fingerprint density at radius 2 is 1.37 bits per heavy atom. The molecule has 0 fully saturated rings. The summed E-state index contributed by atoms with van der Waals surface area (Å²) in [6.07, 6.45) is -0.0630. The van der Waals surface area contributed by atoms with Crippen molar-refractivity contribution in [3.05, 3.63) is 95.1 Å². The van der Waals surface area contributed by atoms with Gasteiger partial charge in [-0.1, -0.05) is 29.8 Å². The maximum Gasteiger partial charge on any atom is 0.269 e. The van der Waals surface area contributed by atoms with E-state index in [-0.39, 0.29) is 24.4 Å². The molecular weight excluding hydrogens is 448 g/mol. The Bertz CT molecular complexity index is 1210. The summed E-state index contributed by atoms with van der Waals surface area (Å²) >= 11 is 0. The minimum absolute atomic E-state index is 0.0311. The Kier molecular flexibility index (Phi) is 8.55. The third-order valence-corrected chi connectivity index (χ3v) is 5.04. The molecule has 0 saturated heterocycles. The molecule has 3 rings (SSSR count). The number of methoxy groups -OCH3 is 1. The molecule has 35 heavy (non-hydrogen) atoms. The number of carbonyl (C=O) groups is 4. The van der Waals surface area contributed by atoms with Crippen molar-refractivity contribution in [3.8, 4) is 5.75 Å². The smallest absolute Gasteiger partial charge is 0.269 e. The summed E-state index contributed by atoms with van der Waals surface area (Å²) in [5, 5.41) is 5.39. The quantitative estimate of drug-likeness (QED) is 0.374. The van der Waals surface area contributed by atoms with E-state index in [4.69, 9.17) is 4.74 Å². The first-order valence-electron chi connectivity index (χ1n) is 10.9. The predicted octanol–water partition coefficient (Wildman–Crippen LogP) is 2.84. The third-order valence-electron chi connectivity index (χ3n) is 5.04. The Morgan fingerprint density at radius 1 is 0.743 bits per heavy atom. The Labute approximate surface area is 202 Å². The summed E-state index contributed by atoms with van der Waals surface area (Å²) in [4.78, 5) is 49.3. The van der Waals surface area contributed by atoms with Gasteiger partial charge in [0.25, 0.3) is 17.7 Å². The van der Waals surface area contributed by atoms with Crippen LogP contribution in [-0.2, 0) is 4.79 Å². The topological polar surface area (TPSA) is 126 Å². The van der Waals surface area contributed by atoms with Crippen LogP contribution in [0.3, 0.4) is 0 Å². The van der Waals surface area contributed by atoms with Crippen LogP contribution >= 0.6 is 0 Å². The van der Waals surface area contributed by atoms with E-state index in [1.807, 2.05) is 19.1 Å². The fraction of sp³-hybridized carbons (Fsp3) is 0.154. The van der Waals surface area contributed by atoms with Gasteiger partial charge in [0.15, 0.2) is 0 Å². The van der Waals surface area contributed by atoms with Crippen LogP contribution in [0.15, 0.2) is 72.8 Å². The average molecular weight is 475 g/mol. The summed E-state index contributed by atoms with van der Waals surface area (Å²) < 4.78 is 5.04. The summed E-state index contributed by atoms with van der Waals surface area (Å²) in [6.45, 7) is 1.96. The first-order valence-corrected chi connectivity index (χ1v) is 10.9. The summed E-state index contributed by atoms with van der Waals surface area (Å²) in [6, 6.07) is 20.1. The van der Waals surface area contributed by atoms with Crippen LogP contribution in [0, 0.1) is 6.92 Å². The molecule has 180 valence electrons. The van der Waals surface area contributed by atoms with Gasteiger partial charge in [0, 0.05) is 24.1 Å². The van der Waals surface area contributed by atoms with Crippen molar-refractivity contribution in [2.75, 3.05) is 19.0 Å². The Morgan fingerprint density at radius 3 is 2.06 bits per heavy atom. The number of rotatable bonds is 8. The highest BCUT2D eigenvalue weighted by atomic mass is 16.5. The van der Waals surface area contributed by atoms with Crippen molar-refractivity contribution < 1.29 is 23.9 Å². The largest absolute Gasteiger partial charge is 0.497 e. The summed E-state index contributed by atoms with van der Waals surface area (Å²) in [7, 11) is 1.52. The van der Waals surface area contributed by atoms with Gasteiger partial charge in [-0.15, -0.1) is 0 Å². The first kappa shape index (κ1) is 25.0. The van der Waals surface area contributed by atoms with Crippen LogP contribution in [0.5, 0.6) is 5.75 Å². The molecule has 4 N–H and O–H groups in total. The average Bonchev–Trinajstić information content (AvgIpc) is 2.88. The number of hydrazine groups is 1. The molecule has 4 amide bonds. The van der Waals surface area contributed by atoms with E-state index in [0.29, 0.717) is 22.6 Å². The van der Waals surface area contributed by atoms with E-state index in [1.165, 1.54) is 7.11 Å². The number of nitrogens with one attached hydrogen (secondary N) is 4. The fourth-order valence-corrected chi connectivity index (χ4v) is 3.08. The Balaban J connectivity index is 1.47. The van der Waals surface area contributed by atoms with Crippen LogP contribution in [0.4, 0.5) is 5.69 Å². The number of hydrogen-bond acceptors (Lipinski definition) is 5. The van der Waals surface area contributed by atoms with Crippen molar-refractivity contribution in [2.45, 2.75) is 13.3 Å². The Hall–Kier alpha value is -4.66. The second-order valence-corrected chi connectivity index (χ2v) is 7.60. The highest BCUT2D eigenvalue weighted by Crippen LogP contribution is 2.16. The number of amides is 4. The van der Waals surface area contributed by atoms with E-state index in [2.05, 4.69) is 21.5 Å². The molecule has 3 aromatic rings. The molecule has 9 nitrogen and oxygen atoms in total. The molecule has 0 heterocycles. The molecule has 0 aromatic heterocycles. The summed E-state index contributed by atoms with van der Waals surface area (Å²) in [5.41, 5.74) is 7.09. The zero-order valence-corrected chi connectivity index (χ0v) is 19.4. The first-order chi connectivity index (χ1) is 16.9. The van der Waals surface area contributed by atoms with E-state index in [1.54, 1.807) is 60.7 Å². The lowest BCUT2D eigenvalue weighted by molar-refractivity contribution is -0.121. The predicted molar refractivity (Wildman–Crippen MR) is 131 cm³/mol. The van der Waals surface area contributed by atoms with Crippen LogP contribution in [0.2, 0.25) is 0 Å². The van der Waals surface area contributed by atoms with Gasteiger partial charge in [-0.2, -0.15) is 0 Å². The van der Waals surface area contributed by atoms with E-state index >= 15 is 0 Å². The summed E-state index contributed by atoms with van der Waals surface area (Å²) in [5.74, 6) is -1.13. The van der Waals surface area contributed by atoms with Crippen LogP contribution in [0.1, 0.15) is 43.1 Å². The lowest BCUT2D eigenvalue weighted by atomic mass is 10.1. The number of ether oxygens (including phenoxy) is 1. The van der Waals surface area contributed by atoms with Crippen molar-refractivity contribution in [1.29, 1.82) is 0 Å². The van der Waals surface area contributed by atoms with Gasteiger partial charge in [0.05, 0.1) is 18.4 Å². The zero-order valence-electron chi connectivity index (χ0n) is 19.4. The van der Waals surface area contributed by atoms with Gasteiger partial charge in [-0.05, 0) is 55.5 Å². The van der Waals surface area contributed by atoms with Crippen molar-refractivity contribution in [3.63, 3.8) is 0 Å². The van der Waals surface area contributed by atoms with E-state index in [9.17, 15) is 19.2 Å². The van der Waals surface area contributed by atoms with E-state index in [0.717, 1.165) is 5.56 Å². The molecule has 0 aliphatic heterocycles. The van der Waals surface area contributed by atoms with Gasteiger partial charge in [0.2, 0.25) is 5.91 Å². The van der Waals surface area contributed by atoms with Crippen LogP contribution in [-0.4, -0.2) is 37.3 Å². The highest BCUT2D eigenvalue weighted by molar-refractivity contribution is 6.09. The second-order valence-electron chi connectivity index (χ2n) is 7.60. The molecule has 0 bridgehead atoms. The van der Waals surface area contributed by atoms with Crippen LogP contribution < -0.4 is 26.2 Å². The molecule has 0 saturated carbocycles. The highest BCUT2D eigenvalue weighted by Gasteiger charge is 2.14. The van der Waals surface area contributed by atoms with Gasteiger partial charge >= 0.3 is 0 Å². The van der Waals surface area contributed by atoms with E-state index < -0.39 is 17.7 Å². The molecule has 3 aromatic carbocycles. The monoisotopic (exact) mass is 474 g/mol. The maximum atomic E-state index is 12.6. The SMILES string of the molecule is COc1ccc(C(=O)NNC(=O)CCNC(=O)c2ccccc2NC(=O)c2ccc(C)cc2)cc1. The maximum absolute atomic E-state index is 12.6. The minimum atomic E-state index is -0.483. The standard InChI is InChI=1S/C26H26N4O5/c1-17-7-9-18(10-8-17)24(32)28-22-6-4-3-5-21(22)26(34)27-16-15-23(31)29-30-25(33)19-11-13-20(35-2)14-12-19/h3-14H,15-16H2,1-2H3,(H,27,34)(H,28,32)(H,29,31)(H,30,33). The third kappa shape index (κ3) is 7.16. The normalized spacial score (nSPS) is 10.1. The number of aryl methyl sites for hydroxylation is 1. The number of carbonyl (C=O) groups excluding carboxylic acids is 4. The lowest BCUT2D eigenvalue weighted by Gasteiger charge is -2.12. The van der Waals surface area contributed by atoms with Crippen molar-refractivity contribution >= 4 is 29.3 Å². The molecule has 9 heteroatoms. The van der Waals surface area contributed by atoms with Crippen molar-refractivity contribution in [2.24, 2.45) is 0 Å². The number of anilines is 1. The number of benzene rings is 3. The molecule has 0 aliphatic rings. The molecule has 0 radical (unpaired) electrons.